The van der Waals surface area contributed by atoms with Crippen molar-refractivity contribution >= 4 is 11.7 Å². The standard InChI is InChI=1S/C23H25FN4O/c1-27(2)23(18-6-4-3-5-7-18)12-10-22(11-13-23)16-28(21(29)26-22)20-9-8-17(15-25)14-19(20)24/h3-9,14H,10-13,16H2,1-2H3,(H,26,29)/t22-,23-. The van der Waals surface area contributed by atoms with Gasteiger partial charge in [-0.25, -0.2) is 9.18 Å². The van der Waals surface area contributed by atoms with Crippen LogP contribution in [0.2, 0.25) is 0 Å². The van der Waals surface area contributed by atoms with E-state index in [1.165, 1.54) is 22.6 Å². The summed E-state index contributed by atoms with van der Waals surface area (Å²) in [4.78, 5) is 16.4. The Morgan fingerprint density at radius 3 is 2.38 bits per heavy atom. The van der Waals surface area contributed by atoms with Gasteiger partial charge in [-0.3, -0.25) is 9.80 Å². The molecule has 0 radical (unpaired) electrons. The average Bonchev–Trinajstić information content (AvgIpc) is 3.04. The highest BCUT2D eigenvalue weighted by molar-refractivity contribution is 5.95. The third-order valence-electron chi connectivity index (χ3n) is 6.65. The highest BCUT2D eigenvalue weighted by atomic mass is 19.1. The molecule has 2 fully saturated rings. The highest BCUT2D eigenvalue weighted by Crippen LogP contribution is 2.46. The van der Waals surface area contributed by atoms with Crippen molar-refractivity contribution in [2.45, 2.75) is 36.8 Å². The second-order valence-corrected chi connectivity index (χ2v) is 8.37. The summed E-state index contributed by atoms with van der Waals surface area (Å²) in [6.07, 6.45) is 3.46. The number of nitriles is 1. The van der Waals surface area contributed by atoms with E-state index < -0.39 is 5.82 Å². The molecule has 150 valence electrons. The van der Waals surface area contributed by atoms with Crippen LogP contribution in [-0.4, -0.2) is 37.1 Å². The van der Waals surface area contributed by atoms with Crippen molar-refractivity contribution in [1.82, 2.24) is 10.2 Å². The van der Waals surface area contributed by atoms with Crippen LogP contribution in [0.15, 0.2) is 48.5 Å². The number of anilines is 1. The van der Waals surface area contributed by atoms with Crippen LogP contribution in [0, 0.1) is 17.1 Å². The highest BCUT2D eigenvalue weighted by Gasteiger charge is 2.50. The van der Waals surface area contributed by atoms with Crippen molar-refractivity contribution in [1.29, 1.82) is 5.26 Å². The van der Waals surface area contributed by atoms with E-state index >= 15 is 0 Å². The summed E-state index contributed by atoms with van der Waals surface area (Å²) in [7, 11) is 4.22. The molecule has 1 saturated carbocycles. The Hall–Kier alpha value is -2.91. The third-order valence-corrected chi connectivity index (χ3v) is 6.65. The summed E-state index contributed by atoms with van der Waals surface area (Å²) >= 11 is 0. The van der Waals surface area contributed by atoms with Gasteiger partial charge in [-0.05, 0) is 63.5 Å². The minimum atomic E-state index is -0.543. The van der Waals surface area contributed by atoms with Crippen LogP contribution in [0.3, 0.4) is 0 Å². The first kappa shape index (κ1) is 19.4. The maximum Gasteiger partial charge on any atom is 0.322 e. The molecular weight excluding hydrogens is 367 g/mol. The van der Waals surface area contributed by atoms with Gasteiger partial charge >= 0.3 is 6.03 Å². The minimum Gasteiger partial charge on any atom is -0.330 e. The minimum absolute atomic E-state index is 0.0651. The summed E-state index contributed by atoms with van der Waals surface area (Å²) in [6, 6.07) is 16.4. The molecule has 2 aromatic carbocycles. The van der Waals surface area contributed by atoms with Crippen LogP contribution >= 0.6 is 0 Å². The molecule has 4 rings (SSSR count). The van der Waals surface area contributed by atoms with E-state index in [-0.39, 0.29) is 28.4 Å². The topological polar surface area (TPSA) is 59.4 Å². The summed E-state index contributed by atoms with van der Waals surface area (Å²) < 4.78 is 14.5. The van der Waals surface area contributed by atoms with E-state index in [0.29, 0.717) is 6.54 Å². The van der Waals surface area contributed by atoms with Crippen LogP contribution in [0.25, 0.3) is 0 Å². The Morgan fingerprint density at radius 1 is 1.10 bits per heavy atom. The van der Waals surface area contributed by atoms with E-state index in [4.69, 9.17) is 5.26 Å². The zero-order chi connectivity index (χ0) is 20.6. The third kappa shape index (κ3) is 3.26. The Bertz CT molecular complexity index is 959. The van der Waals surface area contributed by atoms with E-state index in [2.05, 4.69) is 48.6 Å². The number of urea groups is 1. The van der Waals surface area contributed by atoms with Crippen LogP contribution in [0.1, 0.15) is 36.8 Å². The molecule has 29 heavy (non-hydrogen) atoms. The molecule has 1 N–H and O–H groups in total. The monoisotopic (exact) mass is 392 g/mol. The zero-order valence-corrected chi connectivity index (χ0v) is 16.8. The molecule has 5 nitrogen and oxygen atoms in total. The SMILES string of the molecule is CN(C)[C@]1(c2ccccc2)CC[C@@]2(CC1)CN(c1ccc(C#N)cc1F)C(=O)N2. The summed E-state index contributed by atoms with van der Waals surface area (Å²) in [5.41, 5.74) is 1.35. The average molecular weight is 392 g/mol. The van der Waals surface area contributed by atoms with Gasteiger partial charge in [0.1, 0.15) is 5.82 Å². The lowest BCUT2D eigenvalue weighted by Crippen LogP contribution is -2.54. The van der Waals surface area contributed by atoms with Crippen LogP contribution < -0.4 is 10.2 Å². The number of hydrogen-bond donors (Lipinski definition) is 1. The van der Waals surface area contributed by atoms with Crippen molar-refractivity contribution in [3.63, 3.8) is 0 Å². The fraction of sp³-hybridized carbons (Fsp3) is 0.391. The Kier molecular flexibility index (Phi) is 4.79. The predicted octanol–water partition coefficient (Wildman–Crippen LogP) is 4.00. The van der Waals surface area contributed by atoms with Gasteiger partial charge in [0.15, 0.2) is 0 Å². The number of halogens is 1. The fourth-order valence-electron chi connectivity index (χ4n) is 4.87. The lowest BCUT2D eigenvalue weighted by atomic mass is 9.69. The van der Waals surface area contributed by atoms with E-state index in [0.717, 1.165) is 25.7 Å². The van der Waals surface area contributed by atoms with Gasteiger partial charge in [0, 0.05) is 5.54 Å². The largest absolute Gasteiger partial charge is 0.330 e. The van der Waals surface area contributed by atoms with Crippen LogP contribution in [-0.2, 0) is 5.54 Å². The number of amides is 2. The maximum absolute atomic E-state index is 14.5. The van der Waals surface area contributed by atoms with E-state index in [9.17, 15) is 9.18 Å². The normalized spacial score (nSPS) is 26.6. The smallest absolute Gasteiger partial charge is 0.322 e. The lowest BCUT2D eigenvalue weighted by Gasteiger charge is -2.48. The maximum atomic E-state index is 14.5. The van der Waals surface area contributed by atoms with Gasteiger partial charge in [0.25, 0.3) is 0 Å². The quantitative estimate of drug-likeness (QED) is 0.859. The zero-order valence-electron chi connectivity index (χ0n) is 16.8. The van der Waals surface area contributed by atoms with Gasteiger partial charge in [-0.15, -0.1) is 0 Å². The van der Waals surface area contributed by atoms with Crippen molar-refractivity contribution in [2.75, 3.05) is 25.5 Å². The summed E-state index contributed by atoms with van der Waals surface area (Å²) in [6.45, 7) is 0.437. The first-order chi connectivity index (χ1) is 13.9. The Morgan fingerprint density at radius 2 is 1.79 bits per heavy atom. The molecule has 2 aromatic rings. The van der Waals surface area contributed by atoms with Crippen molar-refractivity contribution < 1.29 is 9.18 Å². The summed E-state index contributed by atoms with van der Waals surface area (Å²) in [5.74, 6) is -0.543. The van der Waals surface area contributed by atoms with Crippen LogP contribution in [0.4, 0.5) is 14.9 Å². The van der Waals surface area contributed by atoms with Crippen molar-refractivity contribution in [3.05, 3.63) is 65.5 Å². The molecule has 0 bridgehead atoms. The number of rotatable bonds is 3. The molecule has 2 aliphatic rings. The molecule has 1 aliphatic carbocycles. The molecule has 1 saturated heterocycles. The fourth-order valence-corrected chi connectivity index (χ4v) is 4.87. The molecular formula is C23H25FN4O. The molecule has 0 atom stereocenters. The van der Waals surface area contributed by atoms with Crippen molar-refractivity contribution in [3.8, 4) is 6.07 Å². The number of nitrogens with zero attached hydrogens (tertiary/aromatic N) is 3. The first-order valence-corrected chi connectivity index (χ1v) is 9.91. The van der Waals surface area contributed by atoms with Crippen molar-refractivity contribution in [2.24, 2.45) is 0 Å². The molecule has 0 unspecified atom stereocenters. The second-order valence-electron chi connectivity index (χ2n) is 8.37. The molecule has 0 aromatic heterocycles. The summed E-state index contributed by atoms with van der Waals surface area (Å²) in [5, 5.41) is 12.1. The molecule has 6 heteroatoms. The number of carbonyl (C=O) groups is 1. The van der Waals surface area contributed by atoms with E-state index in [1.807, 2.05) is 12.1 Å². The number of benzene rings is 2. The molecule has 2 amide bonds. The van der Waals surface area contributed by atoms with Gasteiger partial charge in [0.2, 0.25) is 0 Å². The van der Waals surface area contributed by atoms with Gasteiger partial charge in [0.05, 0.1) is 29.4 Å². The Balaban J connectivity index is 1.56. The lowest BCUT2D eigenvalue weighted by molar-refractivity contribution is 0.0657. The number of hydrogen-bond acceptors (Lipinski definition) is 3. The molecule has 1 aliphatic heterocycles. The van der Waals surface area contributed by atoms with Gasteiger partial charge in [-0.1, -0.05) is 30.3 Å². The van der Waals surface area contributed by atoms with Gasteiger partial charge in [-0.2, -0.15) is 5.26 Å². The Labute approximate surface area is 170 Å². The molecule has 1 heterocycles. The first-order valence-electron chi connectivity index (χ1n) is 9.91. The van der Waals surface area contributed by atoms with Crippen LogP contribution in [0.5, 0.6) is 0 Å². The van der Waals surface area contributed by atoms with Gasteiger partial charge < -0.3 is 5.32 Å². The molecule has 1 spiro atoms. The second kappa shape index (κ2) is 7.16. The van der Waals surface area contributed by atoms with E-state index in [1.54, 1.807) is 6.07 Å². The number of carbonyl (C=O) groups excluding carboxylic acids is 1. The predicted molar refractivity (Wildman–Crippen MR) is 110 cm³/mol. The number of nitrogens with one attached hydrogen (secondary N) is 1.